The molecule has 1 saturated heterocycles. The minimum Gasteiger partial charge on any atom is -0.443 e. The second-order valence-corrected chi connectivity index (χ2v) is 4.62. The molecule has 1 atom stereocenters. The lowest BCUT2D eigenvalue weighted by atomic mass is 10.3. The van der Waals surface area contributed by atoms with Crippen molar-refractivity contribution in [3.8, 4) is 0 Å². The molecule has 0 bridgehead atoms. The fourth-order valence-electron chi connectivity index (χ4n) is 1.27. The molecule has 1 aromatic heterocycles. The number of carbonyl (C=O) groups excluding carboxylic acids is 1. The van der Waals surface area contributed by atoms with E-state index in [4.69, 9.17) is 22.1 Å². The van der Waals surface area contributed by atoms with Crippen molar-refractivity contribution in [2.45, 2.75) is 6.10 Å². The molecule has 1 aromatic rings. The molecule has 2 heterocycles. The van der Waals surface area contributed by atoms with Crippen LogP contribution in [0, 0.1) is 0 Å². The topological polar surface area (TPSA) is 55.6 Å². The monoisotopic (exact) mass is 232 g/mol. The van der Waals surface area contributed by atoms with E-state index in [9.17, 15) is 4.79 Å². The number of nitrogens with zero attached hydrogens (tertiary/aromatic N) is 1. The first kappa shape index (κ1) is 9.76. The van der Waals surface area contributed by atoms with Gasteiger partial charge < -0.3 is 10.5 Å². The fourth-order valence-corrected chi connectivity index (χ4v) is 2.31. The van der Waals surface area contributed by atoms with Crippen molar-refractivity contribution in [1.29, 1.82) is 0 Å². The van der Waals surface area contributed by atoms with Crippen LogP contribution >= 0.6 is 22.9 Å². The van der Waals surface area contributed by atoms with E-state index >= 15 is 0 Å². The van der Waals surface area contributed by atoms with Crippen LogP contribution in [0.25, 0.3) is 0 Å². The van der Waals surface area contributed by atoms with E-state index in [1.165, 1.54) is 11.3 Å². The highest BCUT2D eigenvalue weighted by molar-refractivity contribution is 7.20. The van der Waals surface area contributed by atoms with Crippen LogP contribution in [0.1, 0.15) is 0 Å². The Labute approximate surface area is 90.2 Å². The van der Waals surface area contributed by atoms with Crippen molar-refractivity contribution in [1.82, 2.24) is 0 Å². The number of nitrogens with two attached hydrogens (primary N) is 1. The molecule has 1 fully saturated rings. The van der Waals surface area contributed by atoms with Crippen LogP contribution < -0.4 is 10.6 Å². The molecule has 0 saturated carbocycles. The number of cyclic esters (lactones) is 1. The maximum absolute atomic E-state index is 11.4. The summed E-state index contributed by atoms with van der Waals surface area (Å²) in [6.07, 6.45) is -0.553. The second-order valence-electron chi connectivity index (χ2n) is 2.93. The summed E-state index contributed by atoms with van der Waals surface area (Å²) in [6, 6.07) is 3.55. The maximum Gasteiger partial charge on any atom is 0.415 e. The molecule has 0 radical (unpaired) electrons. The average Bonchev–Trinajstić information content (AvgIpc) is 2.71. The molecule has 1 aliphatic rings. The Kier molecular flexibility index (Phi) is 2.62. The van der Waals surface area contributed by atoms with E-state index in [0.717, 1.165) is 5.00 Å². The number of amides is 1. The van der Waals surface area contributed by atoms with E-state index in [1.54, 1.807) is 17.0 Å². The molecular weight excluding hydrogens is 224 g/mol. The molecule has 2 rings (SSSR count). The van der Waals surface area contributed by atoms with Gasteiger partial charge in [-0.3, -0.25) is 4.90 Å². The Morgan fingerprint density at radius 3 is 3.00 bits per heavy atom. The number of hydrogen-bond donors (Lipinski definition) is 1. The SMILES string of the molecule is NC[C@H]1CN(c2ccc(Cl)s2)C(=O)O1. The summed E-state index contributed by atoms with van der Waals surface area (Å²) in [6.45, 7) is 0.855. The largest absolute Gasteiger partial charge is 0.443 e. The number of carbonyl (C=O) groups is 1. The van der Waals surface area contributed by atoms with Gasteiger partial charge >= 0.3 is 6.09 Å². The number of ether oxygens (including phenoxy) is 1. The standard InChI is InChI=1S/C8H9ClN2O2S/c9-6-1-2-7(14-6)11-4-5(3-10)13-8(11)12/h1-2,5H,3-4,10H2/t5-/m0/s1. The fraction of sp³-hybridized carbons (Fsp3) is 0.375. The molecule has 76 valence electrons. The zero-order chi connectivity index (χ0) is 10.1. The Morgan fingerprint density at radius 2 is 2.50 bits per heavy atom. The van der Waals surface area contributed by atoms with Crippen molar-refractivity contribution in [2.24, 2.45) is 5.73 Å². The summed E-state index contributed by atoms with van der Waals surface area (Å²) in [7, 11) is 0. The molecule has 2 N–H and O–H groups in total. The second kappa shape index (κ2) is 3.76. The molecule has 1 amide bonds. The molecule has 1 aliphatic heterocycles. The van der Waals surface area contributed by atoms with E-state index < -0.39 is 0 Å². The third-order valence-electron chi connectivity index (χ3n) is 1.96. The Bertz CT molecular complexity index is 355. The molecule has 4 nitrogen and oxygen atoms in total. The lowest BCUT2D eigenvalue weighted by molar-refractivity contribution is 0.145. The van der Waals surface area contributed by atoms with E-state index in [0.29, 0.717) is 17.4 Å². The molecule has 0 aliphatic carbocycles. The number of hydrogen-bond acceptors (Lipinski definition) is 4. The average molecular weight is 233 g/mol. The summed E-state index contributed by atoms with van der Waals surface area (Å²) < 4.78 is 5.67. The normalized spacial score (nSPS) is 21.4. The quantitative estimate of drug-likeness (QED) is 0.844. The van der Waals surface area contributed by atoms with Crippen LogP contribution in [0.2, 0.25) is 4.34 Å². The predicted octanol–water partition coefficient (Wildman–Crippen LogP) is 1.69. The highest BCUT2D eigenvalue weighted by Crippen LogP contribution is 2.31. The predicted molar refractivity (Wildman–Crippen MR) is 56.0 cm³/mol. The highest BCUT2D eigenvalue weighted by Gasteiger charge is 2.32. The first-order valence-corrected chi connectivity index (χ1v) is 5.33. The summed E-state index contributed by atoms with van der Waals surface area (Å²) in [4.78, 5) is 12.9. The zero-order valence-electron chi connectivity index (χ0n) is 7.27. The van der Waals surface area contributed by atoms with Crippen LogP contribution in [-0.2, 0) is 4.74 Å². The Morgan fingerprint density at radius 1 is 1.71 bits per heavy atom. The van der Waals surface area contributed by atoms with Gasteiger partial charge in [-0.2, -0.15) is 0 Å². The molecule has 0 spiro atoms. The molecule has 6 heteroatoms. The highest BCUT2D eigenvalue weighted by atomic mass is 35.5. The Balaban J connectivity index is 2.16. The minimum absolute atomic E-state index is 0.205. The van der Waals surface area contributed by atoms with Crippen molar-refractivity contribution in [3.63, 3.8) is 0 Å². The number of anilines is 1. The first-order valence-electron chi connectivity index (χ1n) is 4.14. The molecule has 0 aromatic carbocycles. The van der Waals surface area contributed by atoms with Gasteiger partial charge in [-0.15, -0.1) is 11.3 Å². The molecular formula is C8H9ClN2O2S. The molecule has 14 heavy (non-hydrogen) atoms. The smallest absolute Gasteiger partial charge is 0.415 e. The molecule has 0 unspecified atom stereocenters. The van der Waals surface area contributed by atoms with Gasteiger partial charge in [-0.25, -0.2) is 4.79 Å². The first-order chi connectivity index (χ1) is 6.70. The number of thiophene rings is 1. The van der Waals surface area contributed by atoms with Gasteiger partial charge in [-0.05, 0) is 12.1 Å². The van der Waals surface area contributed by atoms with Crippen LogP contribution in [0.15, 0.2) is 12.1 Å². The number of halogens is 1. The van der Waals surface area contributed by atoms with Crippen LogP contribution in [0.5, 0.6) is 0 Å². The van der Waals surface area contributed by atoms with Crippen molar-refractivity contribution in [3.05, 3.63) is 16.5 Å². The summed E-state index contributed by atoms with van der Waals surface area (Å²) >= 11 is 7.12. The maximum atomic E-state index is 11.4. The van der Waals surface area contributed by atoms with E-state index in [2.05, 4.69) is 0 Å². The third-order valence-corrected chi connectivity index (χ3v) is 3.22. The zero-order valence-corrected chi connectivity index (χ0v) is 8.85. The van der Waals surface area contributed by atoms with Gasteiger partial charge in [0, 0.05) is 6.54 Å². The van der Waals surface area contributed by atoms with E-state index in [-0.39, 0.29) is 12.2 Å². The van der Waals surface area contributed by atoms with Gasteiger partial charge in [0.1, 0.15) is 11.1 Å². The van der Waals surface area contributed by atoms with Gasteiger partial charge in [-0.1, -0.05) is 11.6 Å². The van der Waals surface area contributed by atoms with Gasteiger partial charge in [0.05, 0.1) is 10.9 Å². The van der Waals surface area contributed by atoms with Crippen LogP contribution in [-0.4, -0.2) is 25.3 Å². The summed E-state index contributed by atoms with van der Waals surface area (Å²) in [5, 5.41) is 0.802. The Hall–Kier alpha value is -0.780. The summed E-state index contributed by atoms with van der Waals surface area (Å²) in [5.41, 5.74) is 5.41. The van der Waals surface area contributed by atoms with Crippen LogP contribution in [0.3, 0.4) is 0 Å². The lowest BCUT2D eigenvalue weighted by Crippen LogP contribution is -2.26. The van der Waals surface area contributed by atoms with Crippen molar-refractivity contribution in [2.75, 3.05) is 18.0 Å². The van der Waals surface area contributed by atoms with Crippen molar-refractivity contribution < 1.29 is 9.53 Å². The summed E-state index contributed by atoms with van der Waals surface area (Å²) in [5.74, 6) is 0. The number of rotatable bonds is 2. The van der Waals surface area contributed by atoms with Gasteiger partial charge in [0.15, 0.2) is 0 Å². The third kappa shape index (κ3) is 1.70. The van der Waals surface area contributed by atoms with Crippen molar-refractivity contribution >= 4 is 34.0 Å². The van der Waals surface area contributed by atoms with Gasteiger partial charge in [0.2, 0.25) is 0 Å². The van der Waals surface area contributed by atoms with Crippen LogP contribution in [0.4, 0.5) is 9.80 Å². The van der Waals surface area contributed by atoms with Gasteiger partial charge in [0.25, 0.3) is 0 Å². The van der Waals surface area contributed by atoms with E-state index in [1.807, 2.05) is 0 Å². The lowest BCUT2D eigenvalue weighted by Gasteiger charge is -2.08. The minimum atomic E-state index is -0.348.